The second-order valence-electron chi connectivity index (χ2n) is 5.19. The molecule has 0 bridgehead atoms. The molecule has 0 saturated carbocycles. The molecule has 98 valence electrons. The van der Waals surface area contributed by atoms with Crippen molar-refractivity contribution in [1.82, 2.24) is 4.90 Å². The first-order chi connectivity index (χ1) is 8.68. The Hall–Kier alpha value is -1.51. The largest absolute Gasteiger partial charge is 0.445 e. The fourth-order valence-corrected chi connectivity index (χ4v) is 2.51. The van der Waals surface area contributed by atoms with Crippen molar-refractivity contribution in [3.63, 3.8) is 0 Å². The summed E-state index contributed by atoms with van der Waals surface area (Å²) in [5.41, 5.74) is 1.03. The summed E-state index contributed by atoms with van der Waals surface area (Å²) < 4.78 is 5.38. The van der Waals surface area contributed by atoms with Crippen molar-refractivity contribution in [2.75, 3.05) is 6.54 Å². The van der Waals surface area contributed by atoms with E-state index in [9.17, 15) is 4.79 Å². The smallest absolute Gasteiger partial charge is 0.410 e. The van der Waals surface area contributed by atoms with Crippen LogP contribution in [0.1, 0.15) is 32.3 Å². The summed E-state index contributed by atoms with van der Waals surface area (Å²) in [6.07, 6.45) is 2.01. The summed E-state index contributed by atoms with van der Waals surface area (Å²) in [5, 5.41) is 0. The lowest BCUT2D eigenvalue weighted by Gasteiger charge is -2.26. The van der Waals surface area contributed by atoms with Crippen molar-refractivity contribution in [2.24, 2.45) is 5.92 Å². The first-order valence-electron chi connectivity index (χ1n) is 6.66. The molecule has 1 aliphatic heterocycles. The van der Waals surface area contributed by atoms with Crippen LogP contribution in [0.3, 0.4) is 0 Å². The molecule has 18 heavy (non-hydrogen) atoms. The monoisotopic (exact) mass is 247 g/mol. The number of likely N-dealkylation sites (tertiary alicyclic amines) is 1. The van der Waals surface area contributed by atoms with Crippen LogP contribution >= 0.6 is 0 Å². The lowest BCUT2D eigenvalue weighted by molar-refractivity contribution is 0.0848. The van der Waals surface area contributed by atoms with Gasteiger partial charge in [-0.05, 0) is 24.3 Å². The van der Waals surface area contributed by atoms with E-state index >= 15 is 0 Å². The van der Waals surface area contributed by atoms with Gasteiger partial charge in [0.05, 0.1) is 0 Å². The fourth-order valence-electron chi connectivity index (χ4n) is 2.51. The van der Waals surface area contributed by atoms with E-state index in [0.29, 0.717) is 18.6 Å². The molecule has 1 amide bonds. The van der Waals surface area contributed by atoms with Gasteiger partial charge in [0.15, 0.2) is 0 Å². The maximum Gasteiger partial charge on any atom is 0.410 e. The second-order valence-corrected chi connectivity index (χ2v) is 5.19. The van der Waals surface area contributed by atoms with E-state index in [1.807, 2.05) is 35.2 Å². The third-order valence-electron chi connectivity index (χ3n) is 3.51. The molecule has 1 atom stereocenters. The van der Waals surface area contributed by atoms with Crippen LogP contribution in [0.25, 0.3) is 0 Å². The summed E-state index contributed by atoms with van der Waals surface area (Å²) in [6.45, 7) is 5.51. The Balaban J connectivity index is 1.88. The van der Waals surface area contributed by atoms with E-state index in [4.69, 9.17) is 4.74 Å². The Bertz CT molecular complexity index is 389. The van der Waals surface area contributed by atoms with Gasteiger partial charge in [0.1, 0.15) is 6.61 Å². The maximum atomic E-state index is 12.0. The molecule has 0 aliphatic carbocycles. The van der Waals surface area contributed by atoms with Crippen LogP contribution < -0.4 is 0 Å². The number of ether oxygens (including phenoxy) is 1. The normalized spacial score (nSPS) is 19.3. The van der Waals surface area contributed by atoms with Crippen LogP contribution in [-0.4, -0.2) is 23.6 Å². The van der Waals surface area contributed by atoms with Crippen LogP contribution in [0.5, 0.6) is 0 Å². The minimum Gasteiger partial charge on any atom is -0.445 e. The first kappa shape index (κ1) is 12.9. The predicted molar refractivity (Wildman–Crippen MR) is 71.2 cm³/mol. The lowest BCUT2D eigenvalue weighted by Crippen LogP contribution is -2.38. The Labute approximate surface area is 109 Å². The van der Waals surface area contributed by atoms with Crippen LogP contribution in [0, 0.1) is 5.92 Å². The molecule has 1 aromatic carbocycles. The number of rotatable bonds is 3. The number of nitrogens with zero attached hydrogens (tertiary/aromatic N) is 1. The first-order valence-corrected chi connectivity index (χ1v) is 6.66. The van der Waals surface area contributed by atoms with Gasteiger partial charge in [-0.3, -0.25) is 0 Å². The van der Waals surface area contributed by atoms with Gasteiger partial charge < -0.3 is 9.64 Å². The van der Waals surface area contributed by atoms with Crippen LogP contribution in [-0.2, 0) is 11.3 Å². The van der Waals surface area contributed by atoms with Gasteiger partial charge in [0, 0.05) is 12.6 Å². The van der Waals surface area contributed by atoms with Gasteiger partial charge in [0.2, 0.25) is 0 Å². The summed E-state index contributed by atoms with van der Waals surface area (Å²) in [4.78, 5) is 13.9. The highest BCUT2D eigenvalue weighted by Crippen LogP contribution is 2.24. The zero-order valence-electron chi connectivity index (χ0n) is 11.1. The number of carbonyl (C=O) groups is 1. The number of hydrogen-bond donors (Lipinski definition) is 0. The molecule has 1 saturated heterocycles. The van der Waals surface area contributed by atoms with Gasteiger partial charge in [-0.25, -0.2) is 4.79 Å². The van der Waals surface area contributed by atoms with Gasteiger partial charge in [0.25, 0.3) is 0 Å². The Morgan fingerprint density at radius 2 is 2.11 bits per heavy atom. The summed E-state index contributed by atoms with van der Waals surface area (Å²) in [7, 11) is 0. The van der Waals surface area contributed by atoms with Gasteiger partial charge in [-0.2, -0.15) is 0 Å². The summed E-state index contributed by atoms with van der Waals surface area (Å²) in [5.74, 6) is 0.497. The highest BCUT2D eigenvalue weighted by atomic mass is 16.6. The number of carbonyl (C=O) groups excluding carboxylic acids is 1. The van der Waals surface area contributed by atoms with E-state index in [1.54, 1.807) is 0 Å². The van der Waals surface area contributed by atoms with Crippen molar-refractivity contribution in [3.05, 3.63) is 35.9 Å². The minimum atomic E-state index is -0.171. The standard InChI is InChI=1S/C15H21NO2/c1-12(2)14-9-6-10-16(14)15(17)18-11-13-7-4-3-5-8-13/h3-5,7-8,12,14H,6,9-11H2,1-2H3/t14-/m0/s1. The fraction of sp³-hybridized carbons (Fsp3) is 0.533. The quantitative estimate of drug-likeness (QED) is 0.818. The minimum absolute atomic E-state index is 0.171. The van der Waals surface area contributed by atoms with Crippen molar-refractivity contribution >= 4 is 6.09 Å². The summed E-state index contributed by atoms with van der Waals surface area (Å²) >= 11 is 0. The molecule has 0 unspecified atom stereocenters. The zero-order chi connectivity index (χ0) is 13.0. The van der Waals surface area contributed by atoms with Gasteiger partial charge in [-0.1, -0.05) is 44.2 Å². The van der Waals surface area contributed by atoms with Crippen molar-refractivity contribution in [2.45, 2.75) is 39.3 Å². The van der Waals surface area contributed by atoms with Crippen LogP contribution in [0.15, 0.2) is 30.3 Å². The Morgan fingerprint density at radius 3 is 2.78 bits per heavy atom. The summed E-state index contributed by atoms with van der Waals surface area (Å²) in [6, 6.07) is 10.1. The third-order valence-corrected chi connectivity index (χ3v) is 3.51. The molecular formula is C15H21NO2. The van der Waals surface area contributed by atoms with Crippen molar-refractivity contribution in [1.29, 1.82) is 0 Å². The number of amides is 1. The molecule has 1 aliphatic rings. The second kappa shape index (κ2) is 5.89. The molecule has 0 radical (unpaired) electrons. The molecule has 2 rings (SSSR count). The lowest BCUT2D eigenvalue weighted by atomic mass is 10.0. The Morgan fingerprint density at radius 1 is 1.39 bits per heavy atom. The number of hydrogen-bond acceptors (Lipinski definition) is 2. The van der Waals surface area contributed by atoms with Crippen LogP contribution in [0.4, 0.5) is 4.79 Å². The molecule has 3 nitrogen and oxygen atoms in total. The highest BCUT2D eigenvalue weighted by molar-refractivity contribution is 5.68. The third kappa shape index (κ3) is 3.03. The molecule has 0 spiro atoms. The molecular weight excluding hydrogens is 226 g/mol. The van der Waals surface area contributed by atoms with Crippen LogP contribution in [0.2, 0.25) is 0 Å². The zero-order valence-corrected chi connectivity index (χ0v) is 11.1. The molecule has 0 N–H and O–H groups in total. The average molecular weight is 247 g/mol. The van der Waals surface area contributed by atoms with Crippen molar-refractivity contribution in [3.8, 4) is 0 Å². The van der Waals surface area contributed by atoms with E-state index in [-0.39, 0.29) is 6.09 Å². The number of benzene rings is 1. The molecule has 3 heteroatoms. The Kier molecular flexibility index (Phi) is 4.24. The molecule has 0 aromatic heterocycles. The SMILES string of the molecule is CC(C)[C@@H]1CCCN1C(=O)OCc1ccccc1. The van der Waals surface area contributed by atoms with Gasteiger partial charge >= 0.3 is 6.09 Å². The maximum absolute atomic E-state index is 12.0. The molecule has 1 heterocycles. The van der Waals surface area contributed by atoms with E-state index in [2.05, 4.69) is 13.8 Å². The van der Waals surface area contributed by atoms with E-state index < -0.39 is 0 Å². The van der Waals surface area contributed by atoms with E-state index in [0.717, 1.165) is 24.9 Å². The molecule has 1 fully saturated rings. The van der Waals surface area contributed by atoms with Gasteiger partial charge in [-0.15, -0.1) is 0 Å². The van der Waals surface area contributed by atoms with Crippen molar-refractivity contribution < 1.29 is 9.53 Å². The molecule has 1 aromatic rings. The average Bonchev–Trinajstić information content (AvgIpc) is 2.86. The topological polar surface area (TPSA) is 29.5 Å². The predicted octanol–water partition coefficient (Wildman–Crippen LogP) is 3.44. The van der Waals surface area contributed by atoms with E-state index in [1.165, 1.54) is 0 Å². The highest BCUT2D eigenvalue weighted by Gasteiger charge is 2.31.